The lowest BCUT2D eigenvalue weighted by Gasteiger charge is -2.08. The van der Waals surface area contributed by atoms with Gasteiger partial charge in [0.15, 0.2) is 5.84 Å². The molecule has 0 atom stereocenters. The Labute approximate surface area is 107 Å². The topological polar surface area (TPSA) is 101 Å². The number of oxime groups is 1. The molecular weight excluding hydrogens is 252 g/mol. The van der Waals surface area contributed by atoms with Crippen molar-refractivity contribution >= 4 is 28.8 Å². The minimum atomic E-state index is -0.338. The highest BCUT2D eigenvalue weighted by molar-refractivity contribution is 7.07. The van der Waals surface area contributed by atoms with Gasteiger partial charge in [0, 0.05) is 10.9 Å². The smallest absolute Gasteiger partial charge is 0.275 e. The van der Waals surface area contributed by atoms with Crippen LogP contribution >= 0.6 is 11.3 Å². The second-order valence-corrected chi connectivity index (χ2v) is 4.08. The molecule has 0 fully saturated rings. The molecule has 0 aliphatic rings. The van der Waals surface area contributed by atoms with Crippen LogP contribution < -0.4 is 11.1 Å². The molecule has 0 spiro atoms. The van der Waals surface area contributed by atoms with Crippen molar-refractivity contribution in [1.82, 2.24) is 4.98 Å². The summed E-state index contributed by atoms with van der Waals surface area (Å²) in [7, 11) is 0. The number of nitrogens with one attached hydrogen (secondary N) is 1. The van der Waals surface area contributed by atoms with Crippen molar-refractivity contribution in [3.63, 3.8) is 0 Å². The zero-order valence-corrected chi connectivity index (χ0v) is 10.0. The van der Waals surface area contributed by atoms with Gasteiger partial charge in [-0.05, 0) is 12.1 Å². The van der Waals surface area contributed by atoms with Crippen LogP contribution in [0.5, 0.6) is 0 Å². The van der Waals surface area contributed by atoms with Gasteiger partial charge >= 0.3 is 0 Å². The van der Waals surface area contributed by atoms with E-state index in [1.807, 2.05) is 0 Å². The van der Waals surface area contributed by atoms with Gasteiger partial charge in [-0.2, -0.15) is 0 Å². The Hall–Kier alpha value is -2.41. The molecule has 1 aromatic heterocycles. The van der Waals surface area contributed by atoms with Crippen LogP contribution in [0.3, 0.4) is 0 Å². The summed E-state index contributed by atoms with van der Waals surface area (Å²) in [6.45, 7) is 0. The van der Waals surface area contributed by atoms with Crippen LogP contribution in [0.1, 0.15) is 16.1 Å². The largest absolute Gasteiger partial charge is 0.409 e. The minimum Gasteiger partial charge on any atom is -0.409 e. The van der Waals surface area contributed by atoms with Gasteiger partial charge in [-0.25, -0.2) is 4.98 Å². The van der Waals surface area contributed by atoms with E-state index in [0.29, 0.717) is 16.9 Å². The van der Waals surface area contributed by atoms with Crippen molar-refractivity contribution < 1.29 is 10.0 Å². The highest BCUT2D eigenvalue weighted by Crippen LogP contribution is 2.16. The van der Waals surface area contributed by atoms with E-state index >= 15 is 0 Å². The minimum absolute atomic E-state index is 0.0656. The quantitative estimate of drug-likeness (QED) is 0.337. The van der Waals surface area contributed by atoms with E-state index < -0.39 is 0 Å². The third kappa shape index (κ3) is 2.46. The van der Waals surface area contributed by atoms with Crippen molar-refractivity contribution in [3.05, 3.63) is 46.4 Å². The molecule has 1 aromatic carbocycles. The van der Waals surface area contributed by atoms with Gasteiger partial charge in [0.25, 0.3) is 5.91 Å². The highest BCUT2D eigenvalue weighted by Gasteiger charge is 2.12. The Morgan fingerprint density at radius 2 is 2.22 bits per heavy atom. The van der Waals surface area contributed by atoms with E-state index in [4.69, 9.17) is 10.9 Å². The SMILES string of the molecule is N/C(=N/O)c1ccccc1NC(=O)c1cscn1. The number of carbonyl (C=O) groups excluding carboxylic acids is 1. The van der Waals surface area contributed by atoms with Gasteiger partial charge in [0.2, 0.25) is 0 Å². The van der Waals surface area contributed by atoms with Gasteiger partial charge in [0.05, 0.1) is 11.2 Å². The molecule has 7 heteroatoms. The maximum absolute atomic E-state index is 11.8. The molecule has 0 aliphatic carbocycles. The lowest BCUT2D eigenvalue weighted by molar-refractivity contribution is 0.102. The first-order valence-corrected chi connectivity index (χ1v) is 5.93. The molecule has 92 valence electrons. The Kier molecular flexibility index (Phi) is 3.54. The number of carbonyl (C=O) groups is 1. The van der Waals surface area contributed by atoms with Crippen LogP contribution in [0.2, 0.25) is 0 Å². The molecule has 2 rings (SSSR count). The summed E-state index contributed by atoms with van der Waals surface area (Å²) < 4.78 is 0. The molecule has 0 bridgehead atoms. The molecular formula is C11H10N4O2S. The zero-order valence-electron chi connectivity index (χ0n) is 9.20. The fourth-order valence-corrected chi connectivity index (χ4v) is 1.91. The van der Waals surface area contributed by atoms with Crippen LogP contribution in [0.4, 0.5) is 5.69 Å². The third-order valence-corrected chi connectivity index (χ3v) is 2.81. The highest BCUT2D eigenvalue weighted by atomic mass is 32.1. The number of hydrogen-bond donors (Lipinski definition) is 3. The van der Waals surface area contributed by atoms with Crippen molar-refractivity contribution in [3.8, 4) is 0 Å². The number of nitrogens with two attached hydrogens (primary N) is 1. The van der Waals surface area contributed by atoms with Crippen molar-refractivity contribution in [2.24, 2.45) is 10.9 Å². The first kappa shape index (κ1) is 12.1. The van der Waals surface area contributed by atoms with E-state index in [9.17, 15) is 4.79 Å². The first-order valence-electron chi connectivity index (χ1n) is 4.99. The van der Waals surface area contributed by atoms with Crippen LogP contribution in [0.15, 0.2) is 40.3 Å². The number of benzene rings is 1. The number of rotatable bonds is 3. The summed E-state index contributed by atoms with van der Waals surface area (Å²) in [6, 6.07) is 6.78. The maximum atomic E-state index is 11.8. The van der Waals surface area contributed by atoms with Gasteiger partial charge < -0.3 is 16.3 Å². The summed E-state index contributed by atoms with van der Waals surface area (Å²) in [4.78, 5) is 15.7. The predicted octanol–water partition coefficient (Wildman–Crippen LogP) is 1.49. The first-order chi connectivity index (χ1) is 8.72. The molecule has 0 unspecified atom stereocenters. The molecule has 0 saturated carbocycles. The molecule has 0 radical (unpaired) electrons. The fraction of sp³-hybridized carbons (Fsp3) is 0. The number of amidine groups is 1. The molecule has 2 aromatic rings. The number of anilines is 1. The average molecular weight is 262 g/mol. The summed E-state index contributed by atoms with van der Waals surface area (Å²) in [5.41, 5.74) is 8.34. The zero-order chi connectivity index (χ0) is 13.0. The number of thiazole rings is 1. The number of para-hydroxylation sites is 1. The number of aromatic nitrogens is 1. The Morgan fingerprint density at radius 3 is 2.89 bits per heavy atom. The van der Waals surface area contributed by atoms with Gasteiger partial charge in [0.1, 0.15) is 5.69 Å². The van der Waals surface area contributed by atoms with E-state index in [2.05, 4.69) is 15.5 Å². The Bertz CT molecular complexity index is 580. The van der Waals surface area contributed by atoms with E-state index in [-0.39, 0.29) is 11.7 Å². The van der Waals surface area contributed by atoms with Crippen molar-refractivity contribution in [1.29, 1.82) is 0 Å². The average Bonchev–Trinajstić information content (AvgIpc) is 2.92. The van der Waals surface area contributed by atoms with Gasteiger partial charge in [-0.3, -0.25) is 4.79 Å². The van der Waals surface area contributed by atoms with E-state index in [0.717, 1.165) is 0 Å². The molecule has 6 nitrogen and oxygen atoms in total. The normalized spacial score (nSPS) is 11.2. The van der Waals surface area contributed by atoms with Gasteiger partial charge in [-0.15, -0.1) is 11.3 Å². The predicted molar refractivity (Wildman–Crippen MR) is 69.0 cm³/mol. The standard InChI is InChI=1S/C11H10N4O2S/c12-10(15-17)7-3-1-2-4-8(7)14-11(16)9-5-18-6-13-9/h1-6,17H,(H2,12,15)(H,14,16). The van der Waals surface area contributed by atoms with Crippen LogP contribution in [0, 0.1) is 0 Å². The monoisotopic (exact) mass is 262 g/mol. The molecule has 1 heterocycles. The fourth-order valence-electron chi connectivity index (χ4n) is 1.38. The Morgan fingerprint density at radius 1 is 1.44 bits per heavy atom. The lowest BCUT2D eigenvalue weighted by atomic mass is 10.1. The second kappa shape index (κ2) is 5.28. The summed E-state index contributed by atoms with van der Waals surface area (Å²) in [6.07, 6.45) is 0. The summed E-state index contributed by atoms with van der Waals surface area (Å²) in [5, 5.41) is 15.9. The summed E-state index contributed by atoms with van der Waals surface area (Å²) in [5.74, 6) is -0.404. The summed E-state index contributed by atoms with van der Waals surface area (Å²) >= 11 is 1.33. The molecule has 18 heavy (non-hydrogen) atoms. The maximum Gasteiger partial charge on any atom is 0.275 e. The molecule has 4 N–H and O–H groups in total. The molecule has 0 aliphatic heterocycles. The van der Waals surface area contributed by atoms with Crippen LogP contribution in [-0.4, -0.2) is 21.9 Å². The number of nitrogens with zero attached hydrogens (tertiary/aromatic N) is 2. The van der Waals surface area contributed by atoms with Gasteiger partial charge in [-0.1, -0.05) is 17.3 Å². The van der Waals surface area contributed by atoms with Crippen LogP contribution in [0.25, 0.3) is 0 Å². The lowest BCUT2D eigenvalue weighted by Crippen LogP contribution is -2.19. The number of hydrogen-bond acceptors (Lipinski definition) is 5. The van der Waals surface area contributed by atoms with Crippen LogP contribution in [-0.2, 0) is 0 Å². The molecule has 0 saturated heterocycles. The second-order valence-electron chi connectivity index (χ2n) is 3.36. The Balaban J connectivity index is 2.27. The van der Waals surface area contributed by atoms with Crippen molar-refractivity contribution in [2.45, 2.75) is 0 Å². The molecule has 1 amide bonds. The van der Waals surface area contributed by atoms with Crippen molar-refractivity contribution in [2.75, 3.05) is 5.32 Å². The number of amides is 1. The third-order valence-electron chi connectivity index (χ3n) is 2.22. The van der Waals surface area contributed by atoms with E-state index in [1.165, 1.54) is 11.3 Å². The van der Waals surface area contributed by atoms with E-state index in [1.54, 1.807) is 35.2 Å².